The Morgan fingerprint density at radius 3 is 2.59 bits per heavy atom. The highest BCUT2D eigenvalue weighted by Gasteiger charge is 2.49. The third kappa shape index (κ3) is 3.70. The summed E-state index contributed by atoms with van der Waals surface area (Å²) in [4.78, 5) is 22.5. The zero-order chi connectivity index (χ0) is 24.3. The van der Waals surface area contributed by atoms with Gasteiger partial charge >= 0.3 is 11.9 Å². The largest absolute Gasteiger partial charge is 0.437 e. The summed E-state index contributed by atoms with van der Waals surface area (Å²) in [6.07, 6.45) is -1.50. The fraction of sp³-hybridized carbons (Fsp3) is 0.304. The number of pyridine rings is 1. The summed E-state index contributed by atoms with van der Waals surface area (Å²) in [6.45, 7) is 6.08. The molecule has 1 saturated carbocycles. The van der Waals surface area contributed by atoms with E-state index >= 15 is 4.39 Å². The number of halogens is 4. The lowest BCUT2D eigenvalue weighted by molar-refractivity contribution is -0.137. The molecule has 1 aliphatic heterocycles. The van der Waals surface area contributed by atoms with E-state index in [1.165, 1.54) is 6.34 Å². The molecule has 34 heavy (non-hydrogen) atoms. The maximum atomic E-state index is 15.2. The van der Waals surface area contributed by atoms with E-state index in [9.17, 15) is 18.0 Å². The molecule has 0 unspecified atom stereocenters. The third-order valence-corrected chi connectivity index (χ3v) is 6.20. The number of rotatable bonds is 4. The maximum absolute atomic E-state index is 15.2. The van der Waals surface area contributed by atoms with Crippen LogP contribution in [0.2, 0.25) is 0 Å². The topological polar surface area (TPSA) is 76.5 Å². The number of nitrogens with zero attached hydrogens (tertiary/aromatic N) is 5. The molecule has 3 heterocycles. The molecule has 5 rings (SSSR count). The number of aromatic nitrogens is 3. The Kier molecular flexibility index (Phi) is 4.96. The molecule has 0 atom stereocenters. The average Bonchev–Trinajstić information content (AvgIpc) is 3.12. The molecule has 0 spiro atoms. The quantitative estimate of drug-likeness (QED) is 0.504. The number of hydrogen-bond donors (Lipinski definition) is 0. The van der Waals surface area contributed by atoms with E-state index in [2.05, 4.69) is 21.7 Å². The van der Waals surface area contributed by atoms with Gasteiger partial charge in [-0.1, -0.05) is 18.7 Å². The van der Waals surface area contributed by atoms with E-state index in [1.807, 2.05) is 13.0 Å². The molecule has 11 heteroatoms. The van der Waals surface area contributed by atoms with Crippen LogP contribution in [-0.2, 0) is 18.4 Å². The van der Waals surface area contributed by atoms with E-state index in [-0.39, 0.29) is 30.8 Å². The van der Waals surface area contributed by atoms with Gasteiger partial charge in [0, 0.05) is 30.3 Å². The fourth-order valence-electron chi connectivity index (χ4n) is 4.30. The van der Waals surface area contributed by atoms with Gasteiger partial charge in [0.15, 0.2) is 5.82 Å². The second-order valence-electron chi connectivity index (χ2n) is 8.45. The predicted octanol–water partition coefficient (Wildman–Crippen LogP) is 4.90. The van der Waals surface area contributed by atoms with Gasteiger partial charge in [0.05, 0.1) is 17.9 Å². The standard InChI is InChI=1S/C23H19F4N5O2/c1-13-7-8-28-20-19(13)14(2)31(12-29-20)11-18-30-32(21(33)34-18)17-9-22(24,10-17)15-3-5-16(6-4-15)23(25,26)27/h3-8,12,17H,2,9-11H2,1H3. The lowest BCUT2D eigenvalue weighted by atomic mass is 9.73. The van der Waals surface area contributed by atoms with Gasteiger partial charge in [-0.05, 0) is 36.2 Å². The Balaban J connectivity index is 1.29. The van der Waals surface area contributed by atoms with Crippen molar-refractivity contribution in [2.75, 3.05) is 0 Å². The first-order valence-electron chi connectivity index (χ1n) is 10.5. The van der Waals surface area contributed by atoms with Gasteiger partial charge in [0.2, 0.25) is 5.89 Å². The molecule has 0 N–H and O–H groups in total. The average molecular weight is 473 g/mol. The van der Waals surface area contributed by atoms with Gasteiger partial charge < -0.3 is 9.32 Å². The van der Waals surface area contributed by atoms with Gasteiger partial charge in [-0.15, -0.1) is 5.10 Å². The molecule has 2 aromatic heterocycles. The molecular weight excluding hydrogens is 454 g/mol. The van der Waals surface area contributed by atoms with Gasteiger partial charge in [0.1, 0.15) is 12.2 Å². The molecule has 2 aliphatic rings. The lowest BCUT2D eigenvalue weighted by Gasteiger charge is -2.40. The molecule has 1 fully saturated rings. The van der Waals surface area contributed by atoms with Gasteiger partial charge in [-0.2, -0.15) is 17.9 Å². The van der Waals surface area contributed by atoms with Crippen LogP contribution < -0.4 is 5.76 Å². The van der Waals surface area contributed by atoms with Crippen molar-refractivity contribution < 1.29 is 22.0 Å². The van der Waals surface area contributed by atoms with E-state index in [0.29, 0.717) is 11.5 Å². The van der Waals surface area contributed by atoms with Crippen molar-refractivity contribution in [1.82, 2.24) is 19.7 Å². The Hall–Kier alpha value is -3.76. The van der Waals surface area contributed by atoms with Crippen LogP contribution in [0.3, 0.4) is 0 Å². The Labute approximate surface area is 191 Å². The number of alkyl halides is 4. The first kappa shape index (κ1) is 22.1. The second kappa shape index (κ2) is 7.64. The summed E-state index contributed by atoms with van der Waals surface area (Å²) >= 11 is 0. The van der Waals surface area contributed by atoms with Gasteiger partial charge in [-0.3, -0.25) is 0 Å². The van der Waals surface area contributed by atoms with Crippen molar-refractivity contribution in [2.45, 2.75) is 44.2 Å². The van der Waals surface area contributed by atoms with E-state index in [1.54, 1.807) is 11.1 Å². The van der Waals surface area contributed by atoms with Crippen LogP contribution in [0.15, 0.2) is 57.3 Å². The number of aryl methyl sites for hydroxylation is 1. The molecule has 176 valence electrons. The van der Waals surface area contributed by atoms with E-state index in [4.69, 9.17) is 4.42 Å². The predicted molar refractivity (Wildman–Crippen MR) is 115 cm³/mol. The summed E-state index contributed by atoms with van der Waals surface area (Å²) in [6, 6.07) is 5.24. The summed E-state index contributed by atoms with van der Waals surface area (Å²) in [5, 5.41) is 4.21. The van der Waals surface area contributed by atoms with Crippen molar-refractivity contribution in [1.29, 1.82) is 0 Å². The number of aliphatic imine (C=N–C) groups is 1. The lowest BCUT2D eigenvalue weighted by Crippen LogP contribution is -2.42. The summed E-state index contributed by atoms with van der Waals surface area (Å²) in [5.41, 5.74) is -0.191. The van der Waals surface area contributed by atoms with Crippen molar-refractivity contribution in [2.24, 2.45) is 4.99 Å². The molecule has 0 amide bonds. The number of hydrogen-bond acceptors (Lipinski definition) is 6. The SMILES string of the molecule is C=C1c2c(C)ccnc2N=CN1Cc1nn(C2CC(F)(c3ccc(C(F)(F)F)cc3)C2)c(=O)o1. The maximum Gasteiger partial charge on any atom is 0.437 e. The molecule has 3 aromatic rings. The minimum atomic E-state index is -4.49. The van der Waals surface area contributed by atoms with Gasteiger partial charge in [-0.25, -0.2) is 19.2 Å². The second-order valence-corrected chi connectivity index (χ2v) is 8.45. The molecule has 7 nitrogen and oxygen atoms in total. The zero-order valence-electron chi connectivity index (χ0n) is 18.0. The highest BCUT2D eigenvalue weighted by Crippen LogP contribution is 2.51. The Bertz CT molecular complexity index is 1350. The van der Waals surface area contributed by atoms with Crippen molar-refractivity contribution >= 4 is 17.9 Å². The zero-order valence-corrected chi connectivity index (χ0v) is 18.0. The highest BCUT2D eigenvalue weighted by atomic mass is 19.4. The monoisotopic (exact) mass is 473 g/mol. The first-order valence-corrected chi connectivity index (χ1v) is 10.5. The molecule has 1 aromatic carbocycles. The third-order valence-electron chi connectivity index (χ3n) is 6.20. The van der Waals surface area contributed by atoms with E-state index < -0.39 is 29.2 Å². The minimum Gasteiger partial charge on any atom is -0.390 e. The van der Waals surface area contributed by atoms with Crippen LogP contribution >= 0.6 is 0 Å². The Morgan fingerprint density at radius 1 is 1.21 bits per heavy atom. The Morgan fingerprint density at radius 2 is 1.91 bits per heavy atom. The van der Waals surface area contributed by atoms with Crippen LogP contribution in [0.4, 0.5) is 23.4 Å². The summed E-state index contributed by atoms with van der Waals surface area (Å²) in [5.74, 6) is -0.0778. The van der Waals surface area contributed by atoms with Crippen LogP contribution in [0.25, 0.3) is 5.70 Å². The van der Waals surface area contributed by atoms with Crippen LogP contribution in [0.1, 0.15) is 47.0 Å². The van der Waals surface area contributed by atoms with Gasteiger partial charge in [0.25, 0.3) is 0 Å². The minimum absolute atomic E-state index is 0.0880. The number of benzene rings is 1. The molecule has 1 aliphatic carbocycles. The van der Waals surface area contributed by atoms with Crippen LogP contribution in [0.5, 0.6) is 0 Å². The summed E-state index contributed by atoms with van der Waals surface area (Å²) < 4.78 is 59.9. The van der Waals surface area contributed by atoms with E-state index in [0.717, 1.165) is 40.1 Å². The first-order chi connectivity index (χ1) is 16.0. The number of fused-ring (bicyclic) bond motifs is 1. The van der Waals surface area contributed by atoms with Crippen molar-refractivity contribution in [3.63, 3.8) is 0 Å². The molecule has 0 saturated heterocycles. The van der Waals surface area contributed by atoms with Crippen molar-refractivity contribution in [3.8, 4) is 0 Å². The van der Waals surface area contributed by atoms with Crippen LogP contribution in [-0.4, -0.2) is 26.0 Å². The molecule has 0 radical (unpaired) electrons. The normalized spacial score (nSPS) is 22.0. The summed E-state index contributed by atoms with van der Waals surface area (Å²) in [7, 11) is 0. The van der Waals surface area contributed by atoms with Crippen molar-refractivity contribution in [3.05, 3.63) is 81.8 Å². The molecule has 0 bridgehead atoms. The van der Waals surface area contributed by atoms with Crippen LogP contribution in [0, 0.1) is 6.92 Å². The highest BCUT2D eigenvalue weighted by molar-refractivity contribution is 5.86. The smallest absolute Gasteiger partial charge is 0.390 e. The molecular formula is C23H19F4N5O2. The fourth-order valence-corrected chi connectivity index (χ4v) is 4.30.